The molecule has 2 aromatic rings. The number of carbonyl (C=O) groups is 2. The van der Waals surface area contributed by atoms with Crippen molar-refractivity contribution in [3.63, 3.8) is 0 Å². The van der Waals surface area contributed by atoms with Crippen LogP contribution < -0.4 is 16.4 Å². The van der Waals surface area contributed by atoms with Crippen molar-refractivity contribution in [3.8, 4) is 0 Å². The first-order valence-electron chi connectivity index (χ1n) is 10.1. The predicted octanol–water partition coefficient (Wildman–Crippen LogP) is 3.07. The Morgan fingerprint density at radius 2 is 1.76 bits per heavy atom. The Morgan fingerprint density at radius 3 is 2.38 bits per heavy atom. The van der Waals surface area contributed by atoms with E-state index in [1.54, 1.807) is 12.1 Å². The van der Waals surface area contributed by atoms with Gasteiger partial charge in [-0.2, -0.15) is 0 Å². The fraction of sp³-hybridized carbons (Fsp3) is 0.455. The van der Waals surface area contributed by atoms with Crippen LogP contribution in [0.4, 0.5) is 0 Å². The maximum atomic E-state index is 13.1. The molecule has 1 aromatic heterocycles. The Kier molecular flexibility index (Phi) is 9.22. The number of hydrogen-bond donors (Lipinski definition) is 3. The summed E-state index contributed by atoms with van der Waals surface area (Å²) in [5.41, 5.74) is 6.94. The molecular weight excluding hydrogens is 390 g/mol. The zero-order valence-electron chi connectivity index (χ0n) is 16.5. The first-order chi connectivity index (χ1) is 13.7. The van der Waals surface area contributed by atoms with Crippen LogP contribution >= 0.6 is 12.4 Å². The first-order valence-corrected chi connectivity index (χ1v) is 10.1. The molecule has 0 saturated heterocycles. The molecule has 6 nitrogen and oxygen atoms in total. The molecule has 2 amide bonds. The van der Waals surface area contributed by atoms with Crippen molar-refractivity contribution in [3.05, 3.63) is 60.1 Å². The second-order valence-electron chi connectivity index (χ2n) is 7.44. The largest absolute Gasteiger partial charge is 0.459 e. The quantitative estimate of drug-likeness (QED) is 0.612. The van der Waals surface area contributed by atoms with E-state index in [9.17, 15) is 9.59 Å². The molecule has 2 atom stereocenters. The minimum atomic E-state index is -0.697. The van der Waals surface area contributed by atoms with Gasteiger partial charge in [0.05, 0.1) is 6.26 Å². The van der Waals surface area contributed by atoms with Gasteiger partial charge in [-0.1, -0.05) is 49.6 Å². The van der Waals surface area contributed by atoms with Gasteiger partial charge in [-0.3, -0.25) is 9.59 Å². The second-order valence-corrected chi connectivity index (χ2v) is 7.44. The first kappa shape index (κ1) is 23.0. The summed E-state index contributed by atoms with van der Waals surface area (Å²) in [7, 11) is 0. The molecule has 0 bridgehead atoms. The van der Waals surface area contributed by atoms with Gasteiger partial charge in [0.25, 0.3) is 5.91 Å². The zero-order valence-corrected chi connectivity index (χ0v) is 17.3. The van der Waals surface area contributed by atoms with Crippen LogP contribution in [0.3, 0.4) is 0 Å². The molecule has 3 rings (SSSR count). The molecule has 1 aliphatic carbocycles. The van der Waals surface area contributed by atoms with E-state index >= 15 is 0 Å². The van der Waals surface area contributed by atoms with Crippen LogP contribution in [-0.4, -0.2) is 30.4 Å². The van der Waals surface area contributed by atoms with Crippen LogP contribution in [0.5, 0.6) is 0 Å². The Balaban J connectivity index is 0.00000300. The minimum Gasteiger partial charge on any atom is -0.459 e. The minimum absolute atomic E-state index is 0. The summed E-state index contributed by atoms with van der Waals surface area (Å²) in [6.45, 7) is 0.403. The van der Waals surface area contributed by atoms with Crippen LogP contribution in [0.15, 0.2) is 53.1 Å². The van der Waals surface area contributed by atoms with Gasteiger partial charge in [-0.25, -0.2) is 0 Å². The van der Waals surface area contributed by atoms with Gasteiger partial charge in [0.2, 0.25) is 5.91 Å². The van der Waals surface area contributed by atoms with Gasteiger partial charge < -0.3 is 20.8 Å². The lowest BCUT2D eigenvalue weighted by atomic mass is 9.83. The molecule has 1 aromatic carbocycles. The number of carbonyl (C=O) groups excluding carboxylic acids is 2. The molecule has 29 heavy (non-hydrogen) atoms. The Labute approximate surface area is 178 Å². The highest BCUT2D eigenvalue weighted by Crippen LogP contribution is 2.26. The van der Waals surface area contributed by atoms with Crippen molar-refractivity contribution in [2.45, 2.75) is 50.6 Å². The Bertz CT molecular complexity index is 746. The third-order valence-electron chi connectivity index (χ3n) is 5.45. The summed E-state index contributed by atoms with van der Waals surface area (Å²) in [6, 6.07) is 12.1. The number of nitrogens with two attached hydrogens (primary N) is 1. The number of amides is 2. The lowest BCUT2D eigenvalue weighted by Gasteiger charge is -2.31. The molecule has 4 N–H and O–H groups in total. The second kappa shape index (κ2) is 11.6. The van der Waals surface area contributed by atoms with E-state index in [0.29, 0.717) is 18.9 Å². The van der Waals surface area contributed by atoms with E-state index in [-0.39, 0.29) is 30.1 Å². The molecule has 0 spiro atoms. The van der Waals surface area contributed by atoms with Gasteiger partial charge >= 0.3 is 0 Å². The fourth-order valence-electron chi connectivity index (χ4n) is 3.89. The highest BCUT2D eigenvalue weighted by Gasteiger charge is 2.28. The van der Waals surface area contributed by atoms with E-state index in [2.05, 4.69) is 10.6 Å². The fourth-order valence-corrected chi connectivity index (χ4v) is 3.89. The smallest absolute Gasteiger partial charge is 0.287 e. The van der Waals surface area contributed by atoms with Gasteiger partial charge in [0.1, 0.15) is 6.04 Å². The summed E-state index contributed by atoms with van der Waals surface area (Å²) >= 11 is 0. The van der Waals surface area contributed by atoms with E-state index in [4.69, 9.17) is 10.2 Å². The van der Waals surface area contributed by atoms with Gasteiger partial charge in [0.15, 0.2) is 5.76 Å². The van der Waals surface area contributed by atoms with Crippen LogP contribution in [0, 0.1) is 5.92 Å². The van der Waals surface area contributed by atoms with Crippen molar-refractivity contribution in [1.82, 2.24) is 10.6 Å². The van der Waals surface area contributed by atoms with Crippen molar-refractivity contribution in [2.75, 3.05) is 6.54 Å². The van der Waals surface area contributed by atoms with Crippen LogP contribution in [-0.2, 0) is 11.2 Å². The molecule has 2 unspecified atom stereocenters. The molecule has 7 heteroatoms. The molecule has 1 fully saturated rings. The third-order valence-corrected chi connectivity index (χ3v) is 5.45. The summed E-state index contributed by atoms with van der Waals surface area (Å²) in [5, 5.41) is 5.91. The SMILES string of the molecule is Cl.NCC(NC(=O)C(Cc1ccccc1)NC(=O)c1ccco1)C1CCCCC1. The molecule has 158 valence electrons. The Morgan fingerprint density at radius 1 is 1.03 bits per heavy atom. The normalized spacial score (nSPS) is 16.3. The highest BCUT2D eigenvalue weighted by atomic mass is 35.5. The number of furan rings is 1. The van der Waals surface area contributed by atoms with E-state index in [1.807, 2.05) is 30.3 Å². The topological polar surface area (TPSA) is 97.4 Å². The van der Waals surface area contributed by atoms with Crippen LogP contribution in [0.1, 0.15) is 48.2 Å². The van der Waals surface area contributed by atoms with Crippen LogP contribution in [0.25, 0.3) is 0 Å². The van der Waals surface area contributed by atoms with Crippen LogP contribution in [0.2, 0.25) is 0 Å². The Hall–Kier alpha value is -2.31. The lowest BCUT2D eigenvalue weighted by Crippen LogP contribution is -2.54. The van der Waals surface area contributed by atoms with E-state index < -0.39 is 11.9 Å². The summed E-state index contributed by atoms with van der Waals surface area (Å²) < 4.78 is 5.16. The van der Waals surface area contributed by atoms with Crippen molar-refractivity contribution < 1.29 is 14.0 Å². The zero-order chi connectivity index (χ0) is 19.8. The summed E-state index contributed by atoms with van der Waals surface area (Å²) in [5.74, 6) is -0.0119. The van der Waals surface area contributed by atoms with Gasteiger partial charge in [0, 0.05) is 19.0 Å². The summed E-state index contributed by atoms with van der Waals surface area (Å²) in [4.78, 5) is 25.5. The average Bonchev–Trinajstić information content (AvgIpc) is 3.28. The number of hydrogen-bond acceptors (Lipinski definition) is 4. The maximum absolute atomic E-state index is 13.1. The van der Waals surface area contributed by atoms with Gasteiger partial charge in [-0.15, -0.1) is 12.4 Å². The molecule has 0 aliphatic heterocycles. The third kappa shape index (κ3) is 6.61. The number of benzene rings is 1. The van der Waals surface area contributed by atoms with Crippen molar-refractivity contribution in [2.24, 2.45) is 11.7 Å². The average molecular weight is 420 g/mol. The molecule has 0 radical (unpaired) electrons. The molecular formula is C22H30ClN3O3. The monoisotopic (exact) mass is 419 g/mol. The number of nitrogens with one attached hydrogen (secondary N) is 2. The van der Waals surface area contributed by atoms with E-state index in [1.165, 1.54) is 25.5 Å². The molecule has 1 heterocycles. The number of halogens is 1. The van der Waals surface area contributed by atoms with Crippen molar-refractivity contribution >= 4 is 24.2 Å². The summed E-state index contributed by atoms with van der Waals surface area (Å²) in [6.07, 6.45) is 7.63. The predicted molar refractivity (Wildman–Crippen MR) is 115 cm³/mol. The standard InChI is InChI=1S/C22H29N3O3.ClH/c23-15-19(17-10-5-2-6-11-17)25-21(26)18(14-16-8-3-1-4-9-16)24-22(27)20-12-7-13-28-20;/h1,3-4,7-9,12-13,17-19H,2,5-6,10-11,14-15,23H2,(H,24,27)(H,25,26);1H. The van der Waals surface area contributed by atoms with Crippen molar-refractivity contribution in [1.29, 1.82) is 0 Å². The number of rotatable bonds is 8. The highest BCUT2D eigenvalue weighted by molar-refractivity contribution is 5.95. The van der Waals surface area contributed by atoms with E-state index in [0.717, 1.165) is 18.4 Å². The molecule has 1 aliphatic rings. The maximum Gasteiger partial charge on any atom is 0.287 e. The van der Waals surface area contributed by atoms with Gasteiger partial charge in [-0.05, 0) is 36.5 Å². The molecule has 1 saturated carbocycles. The lowest BCUT2D eigenvalue weighted by molar-refractivity contribution is -0.124.